The highest BCUT2D eigenvalue weighted by Gasteiger charge is 2.48. The predicted octanol–water partition coefficient (Wildman–Crippen LogP) is -1.08. The van der Waals surface area contributed by atoms with Crippen molar-refractivity contribution in [3.63, 3.8) is 0 Å². The second kappa shape index (κ2) is 7.61. The number of aliphatic hydroxyl groups is 3. The van der Waals surface area contributed by atoms with E-state index in [-0.39, 0.29) is 17.0 Å². The molecule has 0 spiro atoms. The Morgan fingerprint density at radius 3 is 2.70 bits per heavy atom. The first-order chi connectivity index (χ1) is 12.8. The summed E-state index contributed by atoms with van der Waals surface area (Å²) >= 11 is 0. The Kier molecular flexibility index (Phi) is 5.42. The zero-order valence-electron chi connectivity index (χ0n) is 14.4. The lowest BCUT2D eigenvalue weighted by atomic mass is 9.99. The van der Waals surface area contributed by atoms with Gasteiger partial charge in [-0.25, -0.2) is 9.78 Å². The van der Waals surface area contributed by atoms with E-state index in [1.165, 1.54) is 28.9 Å². The third-order valence-corrected chi connectivity index (χ3v) is 4.34. The molecule has 2 aromatic rings. The number of carboxylic acid groups (broad SMARTS) is 1. The average molecular weight is 380 g/mol. The summed E-state index contributed by atoms with van der Waals surface area (Å²) in [5.41, 5.74) is 0.410. The number of carbonyl (C=O) groups is 1. The van der Waals surface area contributed by atoms with Gasteiger partial charge in [0.1, 0.15) is 18.3 Å². The summed E-state index contributed by atoms with van der Waals surface area (Å²) in [6.07, 6.45) is -4.39. The lowest BCUT2D eigenvalue weighted by Crippen LogP contribution is -2.61. The van der Waals surface area contributed by atoms with E-state index in [1.54, 1.807) is 0 Å². The molecule has 0 aromatic carbocycles. The molecule has 1 aliphatic rings. The van der Waals surface area contributed by atoms with Crippen molar-refractivity contribution >= 4 is 11.6 Å². The zero-order chi connectivity index (χ0) is 19.7. The smallest absolute Gasteiger partial charge is 0.335 e. The van der Waals surface area contributed by atoms with E-state index in [0.29, 0.717) is 12.0 Å². The van der Waals surface area contributed by atoms with E-state index in [0.717, 1.165) is 6.42 Å². The standard InChI is InChI=1S/C17H20N2O8/c1-2-4-8-7-18-14-9(5-3-6-19(14)15(8)23)26-17-12(22)10(20)11(21)13(27-17)16(24)25/h3,5-7,10-13,17,20-22H,2,4H2,1H3,(H,24,25)/t10?,11-,12-,13?,17+/m0/s1. The summed E-state index contributed by atoms with van der Waals surface area (Å²) in [4.78, 5) is 27.9. The molecule has 0 amide bonds. The lowest BCUT2D eigenvalue weighted by Gasteiger charge is -2.38. The topological polar surface area (TPSA) is 151 Å². The minimum atomic E-state index is -1.82. The van der Waals surface area contributed by atoms with Gasteiger partial charge in [0, 0.05) is 18.0 Å². The zero-order valence-corrected chi connectivity index (χ0v) is 14.4. The van der Waals surface area contributed by atoms with Crippen molar-refractivity contribution in [2.45, 2.75) is 50.5 Å². The largest absolute Gasteiger partial charge is 0.479 e. The van der Waals surface area contributed by atoms with Crippen LogP contribution in [-0.2, 0) is 16.0 Å². The van der Waals surface area contributed by atoms with Gasteiger partial charge in [-0.1, -0.05) is 13.3 Å². The Morgan fingerprint density at radius 1 is 1.30 bits per heavy atom. The highest BCUT2D eigenvalue weighted by atomic mass is 16.7. The summed E-state index contributed by atoms with van der Waals surface area (Å²) in [5.74, 6) is -1.46. The van der Waals surface area contributed by atoms with Crippen molar-refractivity contribution < 1.29 is 34.7 Å². The van der Waals surface area contributed by atoms with Gasteiger partial charge in [0.2, 0.25) is 6.29 Å². The SMILES string of the molecule is CCCc1cnc2c(O[C@@H]3OC(C(=O)O)[C@@H](O)C(O)[C@@H]3O)cccn2c1=O. The molecule has 10 nitrogen and oxygen atoms in total. The van der Waals surface area contributed by atoms with Gasteiger partial charge in [0.15, 0.2) is 17.5 Å². The van der Waals surface area contributed by atoms with Gasteiger partial charge >= 0.3 is 5.97 Å². The fraction of sp³-hybridized carbons (Fsp3) is 0.471. The minimum absolute atomic E-state index is 0.0504. The molecular formula is C17H20N2O8. The number of aryl methyl sites for hydroxylation is 1. The predicted molar refractivity (Wildman–Crippen MR) is 90.4 cm³/mol. The quantitative estimate of drug-likeness (QED) is 0.507. The fourth-order valence-corrected chi connectivity index (χ4v) is 2.93. The highest BCUT2D eigenvalue weighted by molar-refractivity contribution is 5.73. The minimum Gasteiger partial charge on any atom is -0.479 e. The van der Waals surface area contributed by atoms with Gasteiger partial charge in [-0.05, 0) is 18.6 Å². The third-order valence-electron chi connectivity index (χ3n) is 4.34. The van der Waals surface area contributed by atoms with Gasteiger partial charge in [-0.3, -0.25) is 9.20 Å². The summed E-state index contributed by atoms with van der Waals surface area (Å²) < 4.78 is 11.9. The summed E-state index contributed by atoms with van der Waals surface area (Å²) in [6.45, 7) is 1.94. The fourth-order valence-electron chi connectivity index (χ4n) is 2.93. The third kappa shape index (κ3) is 3.52. The Balaban J connectivity index is 1.95. The van der Waals surface area contributed by atoms with Crippen molar-refractivity contribution in [1.82, 2.24) is 9.38 Å². The van der Waals surface area contributed by atoms with Gasteiger partial charge in [-0.15, -0.1) is 0 Å². The van der Waals surface area contributed by atoms with E-state index in [2.05, 4.69) is 4.98 Å². The van der Waals surface area contributed by atoms with Crippen molar-refractivity contribution in [1.29, 1.82) is 0 Å². The number of ether oxygens (including phenoxy) is 2. The summed E-state index contributed by atoms with van der Waals surface area (Å²) in [5, 5.41) is 38.8. The maximum atomic E-state index is 12.5. The number of carboxylic acids is 1. The van der Waals surface area contributed by atoms with Crippen molar-refractivity contribution in [2.75, 3.05) is 0 Å². The Bertz CT molecular complexity index is 898. The molecule has 27 heavy (non-hydrogen) atoms. The first-order valence-corrected chi connectivity index (χ1v) is 8.43. The Labute approximate surface area is 153 Å². The number of rotatable bonds is 5. The first kappa shape index (κ1) is 19.2. The second-order valence-electron chi connectivity index (χ2n) is 6.26. The van der Waals surface area contributed by atoms with E-state index < -0.39 is 36.7 Å². The number of nitrogens with zero attached hydrogens (tertiary/aromatic N) is 2. The molecular weight excluding hydrogens is 360 g/mol. The Hall–Kier alpha value is -2.53. The van der Waals surface area contributed by atoms with Crippen LogP contribution >= 0.6 is 0 Å². The van der Waals surface area contributed by atoms with Crippen LogP contribution in [0.25, 0.3) is 5.65 Å². The molecule has 0 radical (unpaired) electrons. The van der Waals surface area contributed by atoms with E-state index in [4.69, 9.17) is 14.6 Å². The van der Waals surface area contributed by atoms with Crippen molar-refractivity contribution in [3.8, 4) is 5.75 Å². The molecule has 2 unspecified atom stereocenters. The van der Waals surface area contributed by atoms with Crippen LogP contribution in [0.1, 0.15) is 18.9 Å². The van der Waals surface area contributed by atoms with Crippen LogP contribution < -0.4 is 10.3 Å². The molecule has 0 aliphatic carbocycles. The van der Waals surface area contributed by atoms with Crippen molar-refractivity contribution in [2.24, 2.45) is 0 Å². The molecule has 1 fully saturated rings. The van der Waals surface area contributed by atoms with E-state index >= 15 is 0 Å². The van der Waals surface area contributed by atoms with Crippen LogP contribution in [0.5, 0.6) is 5.75 Å². The van der Waals surface area contributed by atoms with Crippen LogP contribution in [0.3, 0.4) is 0 Å². The molecule has 10 heteroatoms. The number of aliphatic hydroxyl groups excluding tert-OH is 3. The van der Waals surface area contributed by atoms with Gasteiger partial charge in [0.05, 0.1) is 0 Å². The number of pyridine rings is 1. The molecule has 3 rings (SSSR count). The van der Waals surface area contributed by atoms with Gasteiger partial charge in [0.25, 0.3) is 5.56 Å². The summed E-state index contributed by atoms with van der Waals surface area (Å²) in [7, 11) is 0. The first-order valence-electron chi connectivity index (χ1n) is 8.43. The van der Waals surface area contributed by atoms with Crippen molar-refractivity contribution in [3.05, 3.63) is 40.4 Å². The molecule has 2 aromatic heterocycles. The van der Waals surface area contributed by atoms with Crippen LogP contribution in [0.2, 0.25) is 0 Å². The molecule has 0 bridgehead atoms. The number of aromatic nitrogens is 2. The molecule has 146 valence electrons. The van der Waals surface area contributed by atoms with Crippen LogP contribution in [0.4, 0.5) is 0 Å². The number of hydrogen-bond donors (Lipinski definition) is 4. The molecule has 0 saturated carbocycles. The normalized spacial score (nSPS) is 28.2. The van der Waals surface area contributed by atoms with E-state index in [9.17, 15) is 24.9 Å². The average Bonchev–Trinajstić information content (AvgIpc) is 2.64. The highest BCUT2D eigenvalue weighted by Crippen LogP contribution is 2.26. The van der Waals surface area contributed by atoms with Crippen LogP contribution in [-0.4, -0.2) is 66.5 Å². The number of fused-ring (bicyclic) bond motifs is 1. The van der Waals surface area contributed by atoms with Gasteiger partial charge < -0.3 is 29.9 Å². The van der Waals surface area contributed by atoms with Gasteiger partial charge in [-0.2, -0.15) is 0 Å². The molecule has 1 aliphatic heterocycles. The number of aliphatic carboxylic acids is 1. The van der Waals surface area contributed by atoms with E-state index in [1.807, 2.05) is 6.92 Å². The van der Waals surface area contributed by atoms with Crippen LogP contribution in [0, 0.1) is 0 Å². The lowest BCUT2D eigenvalue weighted by molar-refractivity contribution is -0.271. The molecule has 1 saturated heterocycles. The number of hydrogen-bond acceptors (Lipinski definition) is 8. The molecule has 5 atom stereocenters. The maximum absolute atomic E-state index is 12.5. The maximum Gasteiger partial charge on any atom is 0.335 e. The summed E-state index contributed by atoms with van der Waals surface area (Å²) in [6, 6.07) is 2.99. The monoisotopic (exact) mass is 380 g/mol. The second-order valence-corrected chi connectivity index (χ2v) is 6.26. The molecule has 3 heterocycles. The Morgan fingerprint density at radius 2 is 2.04 bits per heavy atom. The van der Waals surface area contributed by atoms with Crippen LogP contribution in [0.15, 0.2) is 29.3 Å². The molecule has 4 N–H and O–H groups in total.